The quantitative estimate of drug-likeness (QED) is 0.719. The third kappa shape index (κ3) is 4.94. The van der Waals surface area contributed by atoms with Gasteiger partial charge in [-0.25, -0.2) is 0 Å². The van der Waals surface area contributed by atoms with Gasteiger partial charge in [-0.3, -0.25) is 0 Å². The normalized spacial score (nSPS) is 25.3. The van der Waals surface area contributed by atoms with E-state index in [1.54, 1.807) is 0 Å². The first-order chi connectivity index (χ1) is 6.68. The van der Waals surface area contributed by atoms with Crippen LogP contribution in [0.5, 0.6) is 0 Å². The number of hydrogen-bond donors (Lipinski definition) is 1. The molecule has 0 amide bonds. The summed E-state index contributed by atoms with van der Waals surface area (Å²) in [6.45, 7) is 5.26. The molecule has 0 aromatic carbocycles. The van der Waals surface area contributed by atoms with Crippen molar-refractivity contribution >= 4 is 0 Å². The number of hydrogen-bond acceptors (Lipinski definition) is 3. The molecule has 1 aliphatic heterocycles. The Bertz CT molecular complexity index is 144. The van der Waals surface area contributed by atoms with Gasteiger partial charge < -0.3 is 15.0 Å². The summed E-state index contributed by atoms with van der Waals surface area (Å²) in [7, 11) is 4.24. The van der Waals surface area contributed by atoms with Crippen molar-refractivity contribution in [1.82, 2.24) is 10.2 Å². The summed E-state index contributed by atoms with van der Waals surface area (Å²) in [6.07, 6.45) is 3.69. The van der Waals surface area contributed by atoms with Crippen LogP contribution in [0.1, 0.15) is 26.2 Å². The van der Waals surface area contributed by atoms with Gasteiger partial charge in [-0.2, -0.15) is 0 Å². The van der Waals surface area contributed by atoms with Crippen LogP contribution in [0.25, 0.3) is 0 Å². The lowest BCUT2D eigenvalue weighted by Crippen LogP contribution is -2.42. The number of nitrogens with one attached hydrogen (secondary N) is 1. The van der Waals surface area contributed by atoms with E-state index in [4.69, 9.17) is 4.74 Å². The molecule has 0 radical (unpaired) electrons. The van der Waals surface area contributed by atoms with Gasteiger partial charge in [0.25, 0.3) is 0 Å². The summed E-state index contributed by atoms with van der Waals surface area (Å²) in [5, 5.41) is 3.62. The lowest BCUT2D eigenvalue weighted by atomic mass is 10.1. The number of nitrogens with zero attached hydrogens (tertiary/aromatic N) is 1. The molecule has 1 fully saturated rings. The van der Waals surface area contributed by atoms with E-state index >= 15 is 0 Å². The molecule has 0 aromatic rings. The molecule has 1 saturated heterocycles. The highest BCUT2D eigenvalue weighted by Crippen LogP contribution is 2.07. The minimum absolute atomic E-state index is 0.584. The molecular weight excluding hydrogens is 176 g/mol. The van der Waals surface area contributed by atoms with Gasteiger partial charge >= 0.3 is 0 Å². The van der Waals surface area contributed by atoms with Crippen molar-refractivity contribution in [2.45, 2.75) is 38.3 Å². The Morgan fingerprint density at radius 2 is 2.29 bits per heavy atom. The van der Waals surface area contributed by atoms with E-state index < -0.39 is 0 Å². The molecule has 0 bridgehead atoms. The molecule has 2 atom stereocenters. The van der Waals surface area contributed by atoms with Crippen LogP contribution in [-0.4, -0.2) is 50.8 Å². The van der Waals surface area contributed by atoms with Gasteiger partial charge in [-0.15, -0.1) is 0 Å². The standard InChI is InChI=1S/C11H24N2O/c1-10(6-7-13(2)3)12-11-5-4-8-14-9-11/h10-12H,4-9H2,1-3H3. The first kappa shape index (κ1) is 12.0. The molecule has 84 valence electrons. The number of ether oxygens (including phenoxy) is 1. The summed E-state index contributed by atoms with van der Waals surface area (Å²) < 4.78 is 5.44. The second kappa shape index (κ2) is 6.38. The van der Waals surface area contributed by atoms with E-state index in [9.17, 15) is 0 Å². The van der Waals surface area contributed by atoms with Gasteiger partial charge in [0.05, 0.1) is 6.61 Å². The third-order valence-corrected chi connectivity index (χ3v) is 2.69. The van der Waals surface area contributed by atoms with E-state index in [1.165, 1.54) is 19.3 Å². The Hall–Kier alpha value is -0.120. The predicted molar refractivity (Wildman–Crippen MR) is 59.6 cm³/mol. The van der Waals surface area contributed by atoms with Crippen molar-refractivity contribution in [1.29, 1.82) is 0 Å². The van der Waals surface area contributed by atoms with Gasteiger partial charge in [-0.1, -0.05) is 0 Å². The van der Waals surface area contributed by atoms with Gasteiger partial charge in [0, 0.05) is 18.7 Å². The molecule has 14 heavy (non-hydrogen) atoms. The van der Waals surface area contributed by atoms with Crippen molar-refractivity contribution in [3.05, 3.63) is 0 Å². The average molecular weight is 200 g/mol. The zero-order chi connectivity index (χ0) is 10.4. The Morgan fingerprint density at radius 1 is 1.50 bits per heavy atom. The lowest BCUT2D eigenvalue weighted by molar-refractivity contribution is 0.0664. The van der Waals surface area contributed by atoms with Crippen molar-refractivity contribution in [3.63, 3.8) is 0 Å². The molecule has 3 heteroatoms. The highest BCUT2D eigenvalue weighted by Gasteiger charge is 2.15. The van der Waals surface area contributed by atoms with Crippen LogP contribution in [-0.2, 0) is 4.74 Å². The van der Waals surface area contributed by atoms with Crippen LogP contribution in [0.2, 0.25) is 0 Å². The van der Waals surface area contributed by atoms with Crippen LogP contribution < -0.4 is 5.32 Å². The Kier molecular flexibility index (Phi) is 5.45. The second-order valence-electron chi connectivity index (χ2n) is 4.57. The molecule has 0 spiro atoms. The molecule has 1 heterocycles. The van der Waals surface area contributed by atoms with Crippen LogP contribution in [0.3, 0.4) is 0 Å². The maximum atomic E-state index is 5.44. The highest BCUT2D eigenvalue weighted by atomic mass is 16.5. The van der Waals surface area contributed by atoms with Crippen molar-refractivity contribution < 1.29 is 4.74 Å². The average Bonchev–Trinajstić information content (AvgIpc) is 2.16. The van der Waals surface area contributed by atoms with Gasteiger partial charge in [0.1, 0.15) is 0 Å². The molecule has 0 aromatic heterocycles. The summed E-state index contributed by atoms with van der Waals surface area (Å²) in [4.78, 5) is 2.23. The van der Waals surface area contributed by atoms with E-state index in [2.05, 4.69) is 31.2 Å². The second-order valence-corrected chi connectivity index (χ2v) is 4.57. The van der Waals surface area contributed by atoms with Crippen LogP contribution in [0.15, 0.2) is 0 Å². The van der Waals surface area contributed by atoms with Crippen molar-refractivity contribution in [2.24, 2.45) is 0 Å². The highest BCUT2D eigenvalue weighted by molar-refractivity contribution is 4.74. The van der Waals surface area contributed by atoms with Crippen molar-refractivity contribution in [2.75, 3.05) is 33.9 Å². The van der Waals surface area contributed by atoms with Crippen molar-refractivity contribution in [3.8, 4) is 0 Å². The minimum Gasteiger partial charge on any atom is -0.380 e. The summed E-state index contributed by atoms with van der Waals surface area (Å²) >= 11 is 0. The van der Waals surface area contributed by atoms with E-state index in [0.717, 1.165) is 19.8 Å². The summed E-state index contributed by atoms with van der Waals surface area (Å²) in [5.74, 6) is 0. The fourth-order valence-electron chi connectivity index (χ4n) is 1.81. The predicted octanol–water partition coefficient (Wildman–Crippen LogP) is 1.10. The molecule has 1 rings (SSSR count). The smallest absolute Gasteiger partial charge is 0.0619 e. The minimum atomic E-state index is 0.584. The van der Waals surface area contributed by atoms with Gasteiger partial charge in [-0.05, 0) is 46.8 Å². The molecule has 0 aliphatic carbocycles. The first-order valence-electron chi connectivity index (χ1n) is 5.67. The summed E-state index contributed by atoms with van der Waals surface area (Å²) in [5.41, 5.74) is 0. The SMILES string of the molecule is CC(CCN(C)C)NC1CCCOC1. The molecule has 1 N–H and O–H groups in total. The fourth-order valence-corrected chi connectivity index (χ4v) is 1.81. The zero-order valence-corrected chi connectivity index (χ0v) is 9.75. The van der Waals surface area contributed by atoms with E-state index in [0.29, 0.717) is 12.1 Å². The van der Waals surface area contributed by atoms with Crippen LogP contribution in [0.4, 0.5) is 0 Å². The molecular formula is C11H24N2O. The summed E-state index contributed by atoms with van der Waals surface area (Å²) in [6, 6.07) is 1.19. The zero-order valence-electron chi connectivity index (χ0n) is 9.75. The third-order valence-electron chi connectivity index (χ3n) is 2.69. The van der Waals surface area contributed by atoms with E-state index in [1.807, 2.05) is 0 Å². The van der Waals surface area contributed by atoms with Crippen LogP contribution in [0, 0.1) is 0 Å². The van der Waals surface area contributed by atoms with Crippen LogP contribution >= 0.6 is 0 Å². The maximum Gasteiger partial charge on any atom is 0.0619 e. The topological polar surface area (TPSA) is 24.5 Å². The van der Waals surface area contributed by atoms with E-state index in [-0.39, 0.29) is 0 Å². The molecule has 3 nitrogen and oxygen atoms in total. The Labute approximate surface area is 87.8 Å². The largest absolute Gasteiger partial charge is 0.380 e. The molecule has 0 saturated carbocycles. The maximum absolute atomic E-state index is 5.44. The number of rotatable bonds is 5. The monoisotopic (exact) mass is 200 g/mol. The van der Waals surface area contributed by atoms with Gasteiger partial charge in [0.15, 0.2) is 0 Å². The first-order valence-corrected chi connectivity index (χ1v) is 5.67. The fraction of sp³-hybridized carbons (Fsp3) is 1.00. The lowest BCUT2D eigenvalue weighted by Gasteiger charge is -2.27. The van der Waals surface area contributed by atoms with Gasteiger partial charge in [0.2, 0.25) is 0 Å². The Morgan fingerprint density at radius 3 is 2.86 bits per heavy atom. The molecule has 1 aliphatic rings. The Balaban J connectivity index is 2.09. The molecule has 2 unspecified atom stereocenters.